The molecule has 2 fully saturated rings. The summed E-state index contributed by atoms with van der Waals surface area (Å²) in [4.78, 5) is 24.8. The lowest BCUT2D eigenvalue weighted by molar-refractivity contribution is -0.148. The molecule has 3 heteroatoms. The number of hydrogen-bond donors (Lipinski definition) is 0. The van der Waals surface area contributed by atoms with Crippen LogP contribution in [0.15, 0.2) is 53.6 Å². The van der Waals surface area contributed by atoms with Gasteiger partial charge in [0.25, 0.3) is 0 Å². The van der Waals surface area contributed by atoms with Gasteiger partial charge in [-0.3, -0.25) is 9.59 Å². The van der Waals surface area contributed by atoms with Gasteiger partial charge in [0, 0.05) is 24.5 Å². The molecule has 0 unspecified atom stereocenters. The summed E-state index contributed by atoms with van der Waals surface area (Å²) in [5.74, 6) is 1.92. The van der Waals surface area contributed by atoms with Crippen LogP contribution >= 0.6 is 0 Å². The Hall–Kier alpha value is -2.16. The van der Waals surface area contributed by atoms with Crippen LogP contribution < -0.4 is 0 Å². The highest BCUT2D eigenvalue weighted by Crippen LogP contribution is 2.65. The minimum Gasteiger partial charge on any atom is -0.462 e. The summed E-state index contributed by atoms with van der Waals surface area (Å²) in [6, 6.07) is 9.78. The van der Waals surface area contributed by atoms with Crippen LogP contribution in [-0.4, -0.2) is 17.9 Å². The van der Waals surface area contributed by atoms with E-state index in [1.807, 2.05) is 30.3 Å². The van der Waals surface area contributed by atoms with Crippen molar-refractivity contribution in [3.63, 3.8) is 0 Å². The summed E-state index contributed by atoms with van der Waals surface area (Å²) in [6.07, 6.45) is 12.2. The fourth-order valence-corrected chi connectivity index (χ4v) is 7.63. The van der Waals surface area contributed by atoms with Crippen LogP contribution in [0.5, 0.6) is 0 Å². The summed E-state index contributed by atoms with van der Waals surface area (Å²) in [7, 11) is 0. The average molecular weight is 419 g/mol. The summed E-state index contributed by atoms with van der Waals surface area (Å²) < 4.78 is 5.56. The van der Waals surface area contributed by atoms with Gasteiger partial charge in [0.2, 0.25) is 0 Å². The van der Waals surface area contributed by atoms with E-state index in [1.54, 1.807) is 0 Å². The van der Waals surface area contributed by atoms with Crippen molar-refractivity contribution in [2.45, 2.75) is 71.8 Å². The molecule has 2 saturated carbocycles. The smallest absolute Gasteiger partial charge is 0.302 e. The molecule has 164 valence electrons. The van der Waals surface area contributed by atoms with Crippen LogP contribution in [0.1, 0.15) is 76.1 Å². The van der Waals surface area contributed by atoms with Crippen molar-refractivity contribution in [2.75, 3.05) is 0 Å². The molecule has 0 radical (unpaired) electrons. The van der Waals surface area contributed by atoms with E-state index < -0.39 is 0 Å². The van der Waals surface area contributed by atoms with Crippen LogP contribution in [0.2, 0.25) is 0 Å². The number of benzene rings is 1. The highest BCUT2D eigenvalue weighted by Gasteiger charge is 2.57. The second kappa shape index (κ2) is 7.46. The molecule has 0 heterocycles. The summed E-state index contributed by atoms with van der Waals surface area (Å²) in [5, 5.41) is 0. The molecule has 0 spiro atoms. The van der Waals surface area contributed by atoms with Gasteiger partial charge < -0.3 is 4.74 Å². The molecule has 3 nitrogen and oxygen atoms in total. The Balaban J connectivity index is 1.39. The molecule has 4 aliphatic carbocycles. The molecule has 0 saturated heterocycles. The molecule has 0 amide bonds. The summed E-state index contributed by atoms with van der Waals surface area (Å²) >= 11 is 0. The van der Waals surface area contributed by atoms with Gasteiger partial charge in [-0.25, -0.2) is 0 Å². The van der Waals surface area contributed by atoms with Gasteiger partial charge in [-0.1, -0.05) is 61.9 Å². The number of esters is 1. The molecule has 1 aromatic rings. The zero-order chi connectivity index (χ0) is 21.8. The Morgan fingerprint density at radius 2 is 1.68 bits per heavy atom. The largest absolute Gasteiger partial charge is 0.462 e. The van der Waals surface area contributed by atoms with Gasteiger partial charge in [-0.05, 0) is 67.1 Å². The molecule has 5 rings (SSSR count). The Labute approximate surface area is 185 Å². The lowest BCUT2D eigenvalue weighted by atomic mass is 9.47. The monoisotopic (exact) mass is 418 g/mol. The van der Waals surface area contributed by atoms with Gasteiger partial charge in [-0.2, -0.15) is 0 Å². The van der Waals surface area contributed by atoms with Crippen molar-refractivity contribution in [3.8, 4) is 0 Å². The van der Waals surface area contributed by atoms with Gasteiger partial charge in [0.15, 0.2) is 5.78 Å². The third-order valence-electron chi connectivity index (χ3n) is 9.25. The quantitative estimate of drug-likeness (QED) is 0.329. The molecular weight excluding hydrogens is 384 g/mol. The van der Waals surface area contributed by atoms with Crippen molar-refractivity contribution in [3.05, 3.63) is 59.2 Å². The predicted octanol–water partition coefficient (Wildman–Crippen LogP) is 6.30. The summed E-state index contributed by atoms with van der Waals surface area (Å²) in [5.41, 5.74) is 3.60. The van der Waals surface area contributed by atoms with Crippen LogP contribution in [0.25, 0.3) is 0 Å². The topological polar surface area (TPSA) is 43.4 Å². The van der Waals surface area contributed by atoms with Crippen molar-refractivity contribution < 1.29 is 14.3 Å². The molecule has 1 aromatic carbocycles. The minimum atomic E-state index is -0.163. The van der Waals surface area contributed by atoms with E-state index in [0.29, 0.717) is 17.8 Å². The fraction of sp³-hybridized carbons (Fsp3) is 0.571. The van der Waals surface area contributed by atoms with Crippen LogP contribution in [0.4, 0.5) is 0 Å². The van der Waals surface area contributed by atoms with Gasteiger partial charge >= 0.3 is 5.97 Å². The van der Waals surface area contributed by atoms with Crippen molar-refractivity contribution in [1.82, 2.24) is 0 Å². The second-order valence-electron chi connectivity index (χ2n) is 10.7. The number of hydrogen-bond acceptors (Lipinski definition) is 3. The molecule has 0 N–H and O–H groups in total. The van der Waals surface area contributed by atoms with Crippen molar-refractivity contribution >= 4 is 11.8 Å². The maximum Gasteiger partial charge on any atom is 0.302 e. The van der Waals surface area contributed by atoms with Gasteiger partial charge in [0.1, 0.15) is 6.10 Å². The van der Waals surface area contributed by atoms with Crippen LogP contribution in [0, 0.1) is 28.6 Å². The maximum atomic E-state index is 13.4. The lowest BCUT2D eigenvalue weighted by Crippen LogP contribution is -2.50. The highest BCUT2D eigenvalue weighted by molar-refractivity contribution is 6.09. The molecular formula is C28H34O3. The van der Waals surface area contributed by atoms with Gasteiger partial charge in [0.05, 0.1) is 0 Å². The van der Waals surface area contributed by atoms with E-state index >= 15 is 0 Å². The average Bonchev–Trinajstić information content (AvgIpc) is 3.11. The maximum absolute atomic E-state index is 13.4. The SMILES string of the molecule is CC(=O)O[C@@H]1CC[C@]2(C)C(=CC[C@@H]3[C@H]4CC=C(C(=O)c5ccccc5)[C@@]4(C)CC[C@@H]32)C1. The third kappa shape index (κ3) is 3.23. The number of rotatable bonds is 3. The predicted molar refractivity (Wildman–Crippen MR) is 121 cm³/mol. The number of Topliss-reactive ketones (excluding diaryl/α,β-unsaturated/α-hetero) is 1. The first kappa shape index (κ1) is 20.7. The minimum absolute atomic E-state index is 0.00919. The molecule has 6 atom stereocenters. The molecule has 31 heavy (non-hydrogen) atoms. The Kier molecular flexibility index (Phi) is 4.99. The van der Waals surface area contributed by atoms with Crippen molar-refractivity contribution in [1.29, 1.82) is 0 Å². The first-order valence-electron chi connectivity index (χ1n) is 12.0. The zero-order valence-electron chi connectivity index (χ0n) is 19.0. The first-order valence-corrected chi connectivity index (χ1v) is 12.0. The van der Waals surface area contributed by atoms with E-state index in [2.05, 4.69) is 26.0 Å². The third-order valence-corrected chi connectivity index (χ3v) is 9.25. The molecule has 0 aliphatic heterocycles. The second-order valence-corrected chi connectivity index (χ2v) is 10.7. The molecule has 4 aliphatic rings. The van der Waals surface area contributed by atoms with E-state index in [9.17, 15) is 9.59 Å². The lowest BCUT2D eigenvalue weighted by Gasteiger charge is -2.57. The number of carbonyl (C=O) groups is 2. The highest BCUT2D eigenvalue weighted by atomic mass is 16.5. The Morgan fingerprint density at radius 3 is 2.42 bits per heavy atom. The number of carbonyl (C=O) groups excluding carboxylic acids is 2. The standard InChI is InChI=1S/C28H34O3/c1-18(29)31-21-13-15-27(2)20(17-21)9-10-22-23-11-12-25(28(23,3)16-14-24(22)27)26(30)19-7-5-4-6-8-19/h4-9,12,21-24H,10-11,13-17H2,1-3H3/t21-,22-,23-,24+,27-,28+/m1/s1. The van der Waals surface area contributed by atoms with E-state index in [-0.39, 0.29) is 28.7 Å². The zero-order valence-corrected chi connectivity index (χ0v) is 19.0. The molecule has 0 bridgehead atoms. The van der Waals surface area contributed by atoms with Crippen LogP contribution in [-0.2, 0) is 9.53 Å². The van der Waals surface area contributed by atoms with E-state index in [1.165, 1.54) is 18.9 Å². The molecule has 0 aromatic heterocycles. The number of allylic oxidation sites excluding steroid dienone is 3. The normalized spacial score (nSPS) is 38.8. The Bertz CT molecular complexity index is 958. The van der Waals surface area contributed by atoms with E-state index in [4.69, 9.17) is 4.74 Å². The van der Waals surface area contributed by atoms with Gasteiger partial charge in [-0.15, -0.1) is 0 Å². The van der Waals surface area contributed by atoms with Crippen molar-refractivity contribution in [2.24, 2.45) is 28.6 Å². The fourth-order valence-electron chi connectivity index (χ4n) is 7.63. The number of ketones is 1. The van der Waals surface area contributed by atoms with Crippen LogP contribution in [0.3, 0.4) is 0 Å². The number of ether oxygens (including phenoxy) is 1. The summed E-state index contributed by atoms with van der Waals surface area (Å²) in [6.45, 7) is 6.33. The number of fused-ring (bicyclic) bond motifs is 5. The first-order chi connectivity index (χ1) is 14.8. The van der Waals surface area contributed by atoms with E-state index in [0.717, 1.165) is 49.7 Å². The Morgan fingerprint density at radius 1 is 0.935 bits per heavy atom.